The molecule has 1 atom stereocenters. The molecule has 1 aliphatic rings. The van der Waals surface area contributed by atoms with Crippen LogP contribution in [0.25, 0.3) is 0 Å². The normalized spacial score (nSPS) is 16.9. The number of carbonyl (C=O) groups is 1. The third-order valence-electron chi connectivity index (χ3n) is 4.96. The number of halogens is 3. The van der Waals surface area contributed by atoms with Gasteiger partial charge in [-0.15, -0.1) is 0 Å². The maximum Gasteiger partial charge on any atom is 0.416 e. The first-order valence-electron chi connectivity index (χ1n) is 9.23. The monoisotopic (exact) mass is 392 g/mol. The van der Waals surface area contributed by atoms with Crippen molar-refractivity contribution in [3.8, 4) is 5.75 Å². The van der Waals surface area contributed by atoms with Crippen LogP contribution in [0.3, 0.4) is 0 Å². The molecule has 1 unspecified atom stereocenters. The van der Waals surface area contributed by atoms with Gasteiger partial charge in [0.1, 0.15) is 5.75 Å². The summed E-state index contributed by atoms with van der Waals surface area (Å²) in [6.07, 6.45) is -2.05. The third-order valence-corrected chi connectivity index (χ3v) is 4.96. The number of methoxy groups -OCH3 is 1. The van der Waals surface area contributed by atoms with Crippen LogP contribution in [0.1, 0.15) is 35.6 Å². The van der Waals surface area contributed by atoms with Gasteiger partial charge in [0.05, 0.1) is 18.7 Å². The number of hydrogen-bond acceptors (Lipinski definition) is 2. The van der Waals surface area contributed by atoms with Gasteiger partial charge in [-0.3, -0.25) is 0 Å². The number of likely N-dealkylation sites (tertiary alicyclic amines) is 1. The number of alkyl halides is 3. The number of nitrogens with zero attached hydrogens (tertiary/aromatic N) is 1. The average molecular weight is 392 g/mol. The molecule has 1 saturated heterocycles. The molecule has 150 valence electrons. The van der Waals surface area contributed by atoms with Gasteiger partial charge in [-0.2, -0.15) is 13.2 Å². The first-order valence-corrected chi connectivity index (χ1v) is 9.23. The lowest BCUT2D eigenvalue weighted by molar-refractivity contribution is -0.137. The molecule has 4 nitrogen and oxygen atoms in total. The van der Waals surface area contributed by atoms with Gasteiger partial charge in [-0.1, -0.05) is 24.3 Å². The van der Waals surface area contributed by atoms with Crippen LogP contribution >= 0.6 is 0 Å². The fourth-order valence-corrected chi connectivity index (χ4v) is 3.48. The highest BCUT2D eigenvalue weighted by atomic mass is 19.4. The molecule has 1 heterocycles. The summed E-state index contributed by atoms with van der Waals surface area (Å²) >= 11 is 0. The van der Waals surface area contributed by atoms with E-state index >= 15 is 0 Å². The summed E-state index contributed by atoms with van der Waals surface area (Å²) in [4.78, 5) is 14.4. The lowest BCUT2D eigenvalue weighted by atomic mass is 10.0. The minimum Gasteiger partial charge on any atom is -0.497 e. The van der Waals surface area contributed by atoms with Gasteiger partial charge >= 0.3 is 12.2 Å². The van der Waals surface area contributed by atoms with Gasteiger partial charge in [0.25, 0.3) is 0 Å². The molecule has 7 heteroatoms. The van der Waals surface area contributed by atoms with Gasteiger partial charge in [0.15, 0.2) is 0 Å². The van der Waals surface area contributed by atoms with E-state index in [9.17, 15) is 18.0 Å². The minimum atomic E-state index is -4.34. The summed E-state index contributed by atoms with van der Waals surface area (Å²) < 4.78 is 43.1. The van der Waals surface area contributed by atoms with E-state index in [4.69, 9.17) is 4.74 Å². The molecule has 1 N–H and O–H groups in total. The van der Waals surface area contributed by atoms with Crippen molar-refractivity contribution in [2.24, 2.45) is 0 Å². The number of amides is 2. The van der Waals surface area contributed by atoms with E-state index < -0.39 is 11.7 Å². The summed E-state index contributed by atoms with van der Waals surface area (Å²) in [5, 5.41) is 2.88. The first kappa shape index (κ1) is 20.0. The highest BCUT2D eigenvalue weighted by Gasteiger charge is 2.31. The Morgan fingerprint density at radius 1 is 1.21 bits per heavy atom. The van der Waals surface area contributed by atoms with Gasteiger partial charge in [-0.25, -0.2) is 4.79 Å². The van der Waals surface area contributed by atoms with Crippen molar-refractivity contribution in [1.29, 1.82) is 0 Å². The zero-order valence-electron chi connectivity index (χ0n) is 15.6. The van der Waals surface area contributed by atoms with E-state index in [0.29, 0.717) is 19.5 Å². The Kier molecular flexibility index (Phi) is 6.11. The molecule has 1 fully saturated rings. The van der Waals surface area contributed by atoms with Crippen LogP contribution in [0.15, 0.2) is 48.5 Å². The predicted molar refractivity (Wildman–Crippen MR) is 100 cm³/mol. The van der Waals surface area contributed by atoms with Gasteiger partial charge < -0.3 is 15.0 Å². The molecule has 0 bridgehead atoms. The Bertz CT molecular complexity index is 806. The average Bonchev–Trinajstić information content (AvgIpc) is 3.18. The minimum absolute atomic E-state index is 0.00108. The van der Waals surface area contributed by atoms with Crippen molar-refractivity contribution >= 4 is 6.03 Å². The predicted octanol–water partition coefficient (Wildman–Crippen LogP) is 4.80. The van der Waals surface area contributed by atoms with Crippen LogP contribution in [0, 0.1) is 0 Å². The van der Waals surface area contributed by atoms with E-state index in [1.165, 1.54) is 12.1 Å². The lowest BCUT2D eigenvalue weighted by Gasteiger charge is -2.25. The summed E-state index contributed by atoms with van der Waals surface area (Å²) in [6, 6.07) is 12.6. The van der Waals surface area contributed by atoms with Gasteiger partial charge in [-0.05, 0) is 54.7 Å². The van der Waals surface area contributed by atoms with Crippen LogP contribution in [-0.2, 0) is 12.6 Å². The topological polar surface area (TPSA) is 41.6 Å². The quantitative estimate of drug-likeness (QED) is 0.794. The van der Waals surface area contributed by atoms with Crippen molar-refractivity contribution < 1.29 is 22.7 Å². The second-order valence-electron chi connectivity index (χ2n) is 6.80. The molecule has 0 aliphatic carbocycles. The summed E-state index contributed by atoms with van der Waals surface area (Å²) in [5.41, 5.74) is 1.12. The Balaban J connectivity index is 1.55. The molecule has 28 heavy (non-hydrogen) atoms. The standard InChI is InChI=1S/C21H23F3N2O2/c1-28-18-5-2-4-16(14-18)19-6-3-13-26(19)20(27)25-12-11-15-7-9-17(10-8-15)21(22,23)24/h2,4-5,7-10,14,19H,3,6,11-13H2,1H3,(H,25,27). The highest BCUT2D eigenvalue weighted by molar-refractivity contribution is 5.75. The molecular weight excluding hydrogens is 369 g/mol. The van der Waals surface area contributed by atoms with Crippen LogP contribution < -0.4 is 10.1 Å². The Morgan fingerprint density at radius 3 is 2.64 bits per heavy atom. The smallest absolute Gasteiger partial charge is 0.416 e. The molecule has 0 spiro atoms. The fraction of sp³-hybridized carbons (Fsp3) is 0.381. The number of nitrogens with one attached hydrogen (secondary N) is 1. The summed E-state index contributed by atoms with van der Waals surface area (Å²) in [5.74, 6) is 0.757. The number of urea groups is 1. The largest absolute Gasteiger partial charge is 0.497 e. The third kappa shape index (κ3) is 4.77. The Labute approximate surface area is 162 Å². The van der Waals surface area contributed by atoms with Crippen LogP contribution in [0.4, 0.5) is 18.0 Å². The zero-order chi connectivity index (χ0) is 20.1. The molecule has 3 rings (SSSR count). The van der Waals surface area contributed by atoms with E-state index in [2.05, 4.69) is 5.32 Å². The number of benzene rings is 2. The van der Waals surface area contributed by atoms with Gasteiger partial charge in [0, 0.05) is 13.1 Å². The van der Waals surface area contributed by atoms with Crippen LogP contribution in [-0.4, -0.2) is 31.1 Å². The molecule has 2 aromatic rings. The van der Waals surface area contributed by atoms with Gasteiger partial charge in [0.2, 0.25) is 0 Å². The molecular formula is C21H23F3N2O2. The molecule has 0 saturated carbocycles. The van der Waals surface area contributed by atoms with E-state index in [-0.39, 0.29) is 12.1 Å². The second kappa shape index (κ2) is 8.54. The summed E-state index contributed by atoms with van der Waals surface area (Å²) in [6.45, 7) is 1.04. The zero-order valence-corrected chi connectivity index (χ0v) is 15.6. The van der Waals surface area contributed by atoms with Crippen molar-refractivity contribution in [2.45, 2.75) is 31.5 Å². The fourth-order valence-electron chi connectivity index (χ4n) is 3.48. The highest BCUT2D eigenvalue weighted by Crippen LogP contribution is 2.33. The molecule has 2 aromatic carbocycles. The maximum absolute atomic E-state index is 12.6. The number of carbonyl (C=O) groups excluding carboxylic acids is 1. The molecule has 0 radical (unpaired) electrons. The van der Waals surface area contributed by atoms with Crippen molar-refractivity contribution in [3.63, 3.8) is 0 Å². The molecule has 0 aromatic heterocycles. The summed E-state index contributed by atoms with van der Waals surface area (Å²) in [7, 11) is 1.61. The van der Waals surface area contributed by atoms with E-state index in [1.54, 1.807) is 7.11 Å². The van der Waals surface area contributed by atoms with Crippen LogP contribution in [0.2, 0.25) is 0 Å². The number of hydrogen-bond donors (Lipinski definition) is 1. The number of ether oxygens (including phenoxy) is 1. The Hall–Kier alpha value is -2.70. The lowest BCUT2D eigenvalue weighted by Crippen LogP contribution is -2.40. The molecule has 2 amide bonds. The maximum atomic E-state index is 12.6. The van der Waals surface area contributed by atoms with Crippen LogP contribution in [0.5, 0.6) is 5.75 Å². The Morgan fingerprint density at radius 2 is 1.96 bits per heavy atom. The van der Waals surface area contributed by atoms with Crippen molar-refractivity contribution in [1.82, 2.24) is 10.2 Å². The number of rotatable bonds is 5. The SMILES string of the molecule is COc1cccc(C2CCCN2C(=O)NCCc2ccc(C(F)(F)F)cc2)c1. The first-order chi connectivity index (χ1) is 13.4. The molecule has 1 aliphatic heterocycles. The van der Waals surface area contributed by atoms with E-state index in [0.717, 1.165) is 41.9 Å². The van der Waals surface area contributed by atoms with Crippen molar-refractivity contribution in [2.75, 3.05) is 20.2 Å². The van der Waals surface area contributed by atoms with E-state index in [1.807, 2.05) is 29.2 Å². The van der Waals surface area contributed by atoms with Crippen molar-refractivity contribution in [3.05, 3.63) is 65.2 Å². The second-order valence-corrected chi connectivity index (χ2v) is 6.80.